The van der Waals surface area contributed by atoms with Crippen LogP contribution in [0.5, 0.6) is 46.0 Å². The van der Waals surface area contributed by atoms with E-state index in [4.69, 9.17) is 28.4 Å². The summed E-state index contributed by atoms with van der Waals surface area (Å²) in [7, 11) is 5.31. The predicted molar refractivity (Wildman–Crippen MR) is 244 cm³/mol. The molecule has 2 aliphatic carbocycles. The first-order chi connectivity index (χ1) is 32.4. The van der Waals surface area contributed by atoms with Crippen LogP contribution in [0.15, 0.2) is 85.2 Å². The average molecular weight is 921 g/mol. The minimum absolute atomic E-state index is 0.116. The lowest BCUT2D eigenvalue weighted by molar-refractivity contribution is -0.385. The highest BCUT2D eigenvalue weighted by atomic mass is 19.1. The Bertz CT molecular complexity index is 2790. The van der Waals surface area contributed by atoms with Crippen LogP contribution in [0.1, 0.15) is 25.7 Å². The van der Waals surface area contributed by atoms with Gasteiger partial charge in [-0.3, -0.25) is 30.2 Å². The summed E-state index contributed by atoms with van der Waals surface area (Å²) in [6.07, 6.45) is 7.83. The quantitative estimate of drug-likeness (QED) is 0.0805. The number of rotatable bonds is 14. The largest absolute Gasteiger partial charge is 0.493 e. The lowest BCUT2D eigenvalue weighted by atomic mass is 10.0. The summed E-state index contributed by atoms with van der Waals surface area (Å²) < 4.78 is 63.6. The summed E-state index contributed by atoms with van der Waals surface area (Å²) in [5.74, 6) is 5.18. The summed E-state index contributed by atoms with van der Waals surface area (Å²) in [6.45, 7) is 5.79. The van der Waals surface area contributed by atoms with Crippen molar-refractivity contribution < 1.29 is 47.0 Å². The van der Waals surface area contributed by atoms with Crippen LogP contribution in [0.2, 0.25) is 0 Å². The van der Waals surface area contributed by atoms with E-state index in [1.165, 1.54) is 63.0 Å². The van der Waals surface area contributed by atoms with Crippen molar-refractivity contribution in [2.24, 2.45) is 35.5 Å². The molecule has 6 aromatic rings. The van der Waals surface area contributed by atoms with Crippen molar-refractivity contribution in [3.8, 4) is 46.0 Å². The summed E-state index contributed by atoms with van der Waals surface area (Å²) in [6, 6.07) is 16.9. The highest BCUT2D eigenvalue weighted by molar-refractivity contribution is 5.89. The van der Waals surface area contributed by atoms with E-state index in [0.29, 0.717) is 81.4 Å². The number of hydrogen-bond acceptors (Lipinski definition) is 14. The van der Waals surface area contributed by atoms with Gasteiger partial charge in [-0.05, 0) is 118 Å². The third-order valence-corrected chi connectivity index (χ3v) is 13.4. The molecule has 0 spiro atoms. The van der Waals surface area contributed by atoms with E-state index in [0.717, 1.165) is 48.9 Å². The number of aromatic nitrogens is 2. The van der Waals surface area contributed by atoms with Crippen LogP contribution >= 0.6 is 0 Å². The molecule has 4 atom stereocenters. The predicted octanol–water partition coefficient (Wildman–Crippen LogP) is 9.76. The topological polar surface area (TPSA) is 183 Å². The molecule has 4 heterocycles. The molecule has 16 nitrogen and oxygen atoms in total. The number of halogens is 2. The maximum absolute atomic E-state index is 14.4. The Morgan fingerprint density at radius 3 is 1.43 bits per heavy atom. The van der Waals surface area contributed by atoms with Gasteiger partial charge in [0, 0.05) is 60.5 Å². The van der Waals surface area contributed by atoms with Crippen LogP contribution in [0.25, 0.3) is 21.8 Å². The standard InChI is InChI=1S/C25H26FN3O5.C24H24FN3O5/c1-28-12-16-7-15(8-17(16)13-28)14-33-25-11-21-19(10-24(25)32-2)22(5-6-27-21)34-23-4-3-18(29(30)31)9-20(23)26;1-31-23-9-18-20(10-24(23)32-13-14-6-15-11-26-12-16(15)7-14)27-5-4-21(18)33-22-3-2-17(28(29)30)8-19(22)25/h3-6,9-11,15-17H,7-8,12-14H2,1-2H3;2-5,8-10,14-16,26H,6-7,11-13H2,1H3. The van der Waals surface area contributed by atoms with Gasteiger partial charge in [-0.25, -0.2) is 8.78 Å². The number of fused-ring (bicyclic) bond motifs is 4. The van der Waals surface area contributed by atoms with Gasteiger partial charge >= 0.3 is 0 Å². The molecule has 18 heteroatoms. The highest BCUT2D eigenvalue weighted by Crippen LogP contribution is 2.44. The third-order valence-electron chi connectivity index (χ3n) is 13.4. The summed E-state index contributed by atoms with van der Waals surface area (Å²) in [4.78, 5) is 31.6. The van der Waals surface area contributed by atoms with Crippen molar-refractivity contribution in [1.29, 1.82) is 0 Å². The van der Waals surface area contributed by atoms with E-state index in [1.807, 2.05) is 0 Å². The van der Waals surface area contributed by atoms with E-state index < -0.39 is 21.5 Å². The first-order valence-electron chi connectivity index (χ1n) is 22.2. The second kappa shape index (κ2) is 19.5. The number of nitrogens with one attached hydrogen (secondary N) is 1. The Morgan fingerprint density at radius 2 is 1.03 bits per heavy atom. The molecular weight excluding hydrogens is 871 g/mol. The minimum Gasteiger partial charge on any atom is -0.493 e. The van der Waals surface area contributed by atoms with E-state index in [-0.39, 0.29) is 22.9 Å². The van der Waals surface area contributed by atoms with Crippen LogP contribution in [-0.2, 0) is 0 Å². The zero-order chi connectivity index (χ0) is 46.8. The second-order valence-electron chi connectivity index (χ2n) is 17.8. The summed E-state index contributed by atoms with van der Waals surface area (Å²) >= 11 is 0. The van der Waals surface area contributed by atoms with Crippen molar-refractivity contribution in [2.45, 2.75) is 25.7 Å². The third kappa shape index (κ3) is 9.95. The maximum atomic E-state index is 14.4. The fourth-order valence-corrected chi connectivity index (χ4v) is 10.2. The Labute approximate surface area is 384 Å². The van der Waals surface area contributed by atoms with Crippen molar-refractivity contribution >= 4 is 33.2 Å². The van der Waals surface area contributed by atoms with Gasteiger partial charge in [0.25, 0.3) is 11.4 Å². The molecule has 0 radical (unpaired) electrons. The van der Waals surface area contributed by atoms with Crippen LogP contribution in [0.3, 0.4) is 0 Å². The molecule has 4 fully saturated rings. The summed E-state index contributed by atoms with van der Waals surface area (Å²) in [5, 5.41) is 26.4. The number of likely N-dealkylation sites (tertiary alicyclic amines) is 1. The van der Waals surface area contributed by atoms with E-state index >= 15 is 0 Å². The molecule has 4 unspecified atom stereocenters. The van der Waals surface area contributed by atoms with Crippen molar-refractivity contribution in [3.63, 3.8) is 0 Å². The molecule has 4 aromatic carbocycles. The number of nitrogens with zero attached hydrogens (tertiary/aromatic N) is 5. The van der Waals surface area contributed by atoms with Crippen LogP contribution in [0, 0.1) is 67.4 Å². The van der Waals surface area contributed by atoms with Crippen LogP contribution < -0.4 is 33.7 Å². The zero-order valence-electron chi connectivity index (χ0n) is 37.2. The number of hydrogen-bond donors (Lipinski definition) is 1. The Balaban J connectivity index is 0.000000168. The molecule has 2 aliphatic heterocycles. The zero-order valence-corrected chi connectivity index (χ0v) is 37.2. The highest BCUT2D eigenvalue weighted by Gasteiger charge is 2.40. The first-order valence-corrected chi connectivity index (χ1v) is 22.2. The Hall–Kier alpha value is -6.92. The Morgan fingerprint density at radius 1 is 0.597 bits per heavy atom. The Kier molecular flexibility index (Phi) is 13.2. The fourth-order valence-electron chi connectivity index (χ4n) is 10.2. The second-order valence-corrected chi connectivity index (χ2v) is 17.8. The van der Waals surface area contributed by atoms with E-state index in [9.17, 15) is 29.0 Å². The lowest BCUT2D eigenvalue weighted by Crippen LogP contribution is -2.18. The molecule has 2 saturated heterocycles. The minimum atomic E-state index is -0.822. The number of pyridine rings is 2. The van der Waals surface area contributed by atoms with Gasteiger partial charge in [0.1, 0.15) is 11.5 Å². The molecule has 67 heavy (non-hydrogen) atoms. The monoisotopic (exact) mass is 920 g/mol. The average Bonchev–Trinajstić information content (AvgIpc) is 4.10. The number of ether oxygens (including phenoxy) is 6. The smallest absolute Gasteiger partial charge is 0.272 e. The molecule has 2 saturated carbocycles. The summed E-state index contributed by atoms with van der Waals surface area (Å²) in [5.41, 5.74) is 0.537. The lowest BCUT2D eigenvalue weighted by Gasteiger charge is -2.17. The molecule has 4 aliphatic rings. The number of methoxy groups -OCH3 is 2. The van der Waals surface area contributed by atoms with Crippen molar-refractivity contribution in [2.75, 3.05) is 60.7 Å². The van der Waals surface area contributed by atoms with Gasteiger partial charge in [0.05, 0.1) is 60.4 Å². The number of nitro groups is 2. The number of benzene rings is 4. The first kappa shape index (κ1) is 45.2. The molecule has 0 bridgehead atoms. The van der Waals surface area contributed by atoms with Gasteiger partial charge in [0.2, 0.25) is 0 Å². The fraction of sp³-hybridized carbons (Fsp3) is 0.388. The SMILES string of the molecule is COc1cc2c(Oc3ccc([N+](=O)[O-])cc3F)ccnc2cc1OCC1CC2CN(C)CC2C1.COc1cc2c(Oc3ccc([N+](=O)[O-])cc3F)ccnc2cc1OCC1CC2CNCC2C1. The van der Waals surface area contributed by atoms with Gasteiger partial charge < -0.3 is 38.6 Å². The van der Waals surface area contributed by atoms with Crippen LogP contribution in [0.4, 0.5) is 20.2 Å². The number of non-ortho nitro benzene ring substituents is 2. The molecule has 2 aromatic heterocycles. The van der Waals surface area contributed by atoms with Gasteiger partial charge in [0.15, 0.2) is 46.1 Å². The van der Waals surface area contributed by atoms with Crippen LogP contribution in [-0.4, -0.2) is 85.4 Å². The molecule has 1 N–H and O–H groups in total. The molecule has 10 rings (SSSR count). The van der Waals surface area contributed by atoms with Gasteiger partial charge in [-0.15, -0.1) is 0 Å². The van der Waals surface area contributed by atoms with Crippen molar-refractivity contribution in [3.05, 3.63) is 117 Å². The van der Waals surface area contributed by atoms with E-state index in [1.54, 1.807) is 63.0 Å². The molecule has 350 valence electrons. The normalized spacial score (nSPS) is 21.9. The number of nitro benzene ring substituents is 2. The molecular formula is C49H50F2N6O10. The molecule has 0 amide bonds. The van der Waals surface area contributed by atoms with E-state index in [2.05, 4.69) is 27.2 Å². The maximum Gasteiger partial charge on any atom is 0.272 e. The van der Waals surface area contributed by atoms with Gasteiger partial charge in [-0.1, -0.05) is 0 Å². The van der Waals surface area contributed by atoms with Gasteiger partial charge in [-0.2, -0.15) is 0 Å². The van der Waals surface area contributed by atoms with Crippen molar-refractivity contribution in [1.82, 2.24) is 20.2 Å².